The lowest BCUT2D eigenvalue weighted by Gasteiger charge is -1.98. The molecule has 8 heteroatoms. The van der Waals surface area contributed by atoms with Crippen molar-refractivity contribution in [2.75, 3.05) is 0 Å². The number of carbonyl (C=O) groups excluding carboxylic acids is 1. The molecule has 3 rings (SSSR count). The van der Waals surface area contributed by atoms with Gasteiger partial charge in [0.15, 0.2) is 0 Å². The SMILES string of the molecule is O=C(Cn1nnc(-c2ccccc2)n1)N/N=C/c1cccc(F)c1. The van der Waals surface area contributed by atoms with E-state index in [1.54, 1.807) is 12.1 Å². The van der Waals surface area contributed by atoms with Crippen molar-refractivity contribution in [3.8, 4) is 11.4 Å². The minimum Gasteiger partial charge on any atom is -0.271 e. The molecule has 1 N–H and O–H groups in total. The van der Waals surface area contributed by atoms with Gasteiger partial charge in [-0.1, -0.05) is 42.5 Å². The van der Waals surface area contributed by atoms with Crippen molar-refractivity contribution in [2.24, 2.45) is 5.10 Å². The molecular weight excluding hydrogens is 311 g/mol. The Morgan fingerprint density at radius 1 is 1.21 bits per heavy atom. The molecule has 2 aromatic carbocycles. The van der Waals surface area contributed by atoms with E-state index in [4.69, 9.17) is 0 Å². The van der Waals surface area contributed by atoms with Gasteiger partial charge < -0.3 is 0 Å². The van der Waals surface area contributed by atoms with Crippen molar-refractivity contribution in [3.05, 3.63) is 66.0 Å². The highest BCUT2D eigenvalue weighted by Gasteiger charge is 2.08. The molecule has 0 bridgehead atoms. The van der Waals surface area contributed by atoms with E-state index in [0.717, 1.165) is 5.56 Å². The predicted octanol–water partition coefficient (Wildman–Crippen LogP) is 1.63. The first-order valence-corrected chi connectivity index (χ1v) is 7.11. The van der Waals surface area contributed by atoms with Gasteiger partial charge in [0.05, 0.1) is 6.21 Å². The van der Waals surface area contributed by atoms with E-state index in [2.05, 4.69) is 25.9 Å². The Balaban J connectivity index is 1.57. The van der Waals surface area contributed by atoms with Gasteiger partial charge in [-0.15, -0.1) is 10.2 Å². The van der Waals surface area contributed by atoms with Crippen LogP contribution >= 0.6 is 0 Å². The van der Waals surface area contributed by atoms with Crippen LogP contribution in [0.25, 0.3) is 11.4 Å². The van der Waals surface area contributed by atoms with E-state index in [1.165, 1.54) is 23.1 Å². The van der Waals surface area contributed by atoms with Gasteiger partial charge >= 0.3 is 0 Å². The maximum Gasteiger partial charge on any atom is 0.263 e. The van der Waals surface area contributed by atoms with Crippen LogP contribution in [-0.4, -0.2) is 32.3 Å². The summed E-state index contributed by atoms with van der Waals surface area (Å²) in [6.45, 7) is -0.125. The third-order valence-corrected chi connectivity index (χ3v) is 3.02. The van der Waals surface area contributed by atoms with Crippen LogP contribution in [0.4, 0.5) is 4.39 Å². The van der Waals surface area contributed by atoms with Gasteiger partial charge in [0.25, 0.3) is 5.91 Å². The highest BCUT2D eigenvalue weighted by atomic mass is 19.1. The third-order valence-electron chi connectivity index (χ3n) is 3.02. The number of halogens is 1. The minimum absolute atomic E-state index is 0.125. The average molecular weight is 324 g/mol. The van der Waals surface area contributed by atoms with Crippen molar-refractivity contribution in [1.29, 1.82) is 0 Å². The quantitative estimate of drug-likeness (QED) is 0.571. The fourth-order valence-corrected chi connectivity index (χ4v) is 1.94. The van der Waals surface area contributed by atoms with E-state index in [-0.39, 0.29) is 12.4 Å². The maximum absolute atomic E-state index is 13.0. The second kappa shape index (κ2) is 7.23. The molecule has 7 nitrogen and oxygen atoms in total. The Hall–Kier alpha value is -3.42. The fraction of sp³-hybridized carbons (Fsp3) is 0.0625. The summed E-state index contributed by atoms with van der Waals surface area (Å²) in [5.41, 5.74) is 3.68. The first-order valence-electron chi connectivity index (χ1n) is 7.11. The molecule has 3 aromatic rings. The van der Waals surface area contributed by atoms with E-state index < -0.39 is 5.91 Å². The minimum atomic E-state index is -0.417. The third kappa shape index (κ3) is 4.07. The molecule has 1 amide bonds. The molecule has 0 aliphatic heterocycles. The summed E-state index contributed by atoms with van der Waals surface area (Å²) < 4.78 is 13.0. The number of hydrazone groups is 1. The zero-order chi connectivity index (χ0) is 16.8. The molecule has 1 aromatic heterocycles. The van der Waals surface area contributed by atoms with Crippen LogP contribution < -0.4 is 5.43 Å². The molecule has 0 saturated heterocycles. The number of benzene rings is 2. The Morgan fingerprint density at radius 3 is 2.83 bits per heavy atom. The van der Waals surface area contributed by atoms with Gasteiger partial charge in [-0.3, -0.25) is 4.79 Å². The fourth-order valence-electron chi connectivity index (χ4n) is 1.94. The van der Waals surface area contributed by atoms with Gasteiger partial charge in [0.2, 0.25) is 5.82 Å². The molecule has 0 unspecified atom stereocenters. The topological polar surface area (TPSA) is 85.1 Å². The number of rotatable bonds is 5. The van der Waals surface area contributed by atoms with Gasteiger partial charge in [0, 0.05) is 5.56 Å². The van der Waals surface area contributed by atoms with Gasteiger partial charge in [-0.25, -0.2) is 9.82 Å². The second-order valence-electron chi connectivity index (χ2n) is 4.86. The number of hydrogen-bond donors (Lipinski definition) is 1. The van der Waals surface area contributed by atoms with Crippen LogP contribution in [0.1, 0.15) is 5.56 Å². The number of carbonyl (C=O) groups is 1. The molecular formula is C16H13FN6O. The van der Waals surface area contributed by atoms with Crippen LogP contribution in [0.2, 0.25) is 0 Å². The van der Waals surface area contributed by atoms with E-state index >= 15 is 0 Å². The number of nitrogens with zero attached hydrogens (tertiary/aromatic N) is 5. The Bertz CT molecular complexity index is 862. The molecule has 0 atom stereocenters. The molecule has 0 spiro atoms. The molecule has 1 heterocycles. The van der Waals surface area contributed by atoms with Crippen molar-refractivity contribution in [3.63, 3.8) is 0 Å². The lowest BCUT2D eigenvalue weighted by molar-refractivity contribution is -0.122. The van der Waals surface area contributed by atoms with Crippen molar-refractivity contribution >= 4 is 12.1 Å². The number of amides is 1. The largest absolute Gasteiger partial charge is 0.271 e. The van der Waals surface area contributed by atoms with Crippen molar-refractivity contribution in [1.82, 2.24) is 25.6 Å². The standard InChI is InChI=1S/C16H13FN6O/c17-14-8-4-5-12(9-14)10-18-19-15(24)11-23-21-16(20-22-23)13-6-2-1-3-7-13/h1-10H,11H2,(H,19,24)/b18-10+. The van der Waals surface area contributed by atoms with Crippen molar-refractivity contribution in [2.45, 2.75) is 6.54 Å². The molecule has 24 heavy (non-hydrogen) atoms. The summed E-state index contributed by atoms with van der Waals surface area (Å²) in [5.74, 6) is -0.350. The lowest BCUT2D eigenvalue weighted by atomic mass is 10.2. The van der Waals surface area contributed by atoms with Crippen LogP contribution in [0.3, 0.4) is 0 Å². The highest BCUT2D eigenvalue weighted by molar-refractivity contribution is 5.82. The van der Waals surface area contributed by atoms with Crippen LogP contribution in [0, 0.1) is 5.82 Å². The van der Waals surface area contributed by atoms with Gasteiger partial charge in [-0.05, 0) is 22.9 Å². The Kier molecular flexibility index (Phi) is 4.66. The Morgan fingerprint density at radius 2 is 2.04 bits per heavy atom. The summed E-state index contributed by atoms with van der Waals surface area (Å²) >= 11 is 0. The monoisotopic (exact) mass is 324 g/mol. The van der Waals surface area contributed by atoms with Gasteiger partial charge in [0.1, 0.15) is 12.4 Å². The van der Waals surface area contributed by atoms with E-state index in [9.17, 15) is 9.18 Å². The highest BCUT2D eigenvalue weighted by Crippen LogP contribution is 2.11. The summed E-state index contributed by atoms with van der Waals surface area (Å²) in [5, 5.41) is 15.6. The van der Waals surface area contributed by atoms with Crippen molar-refractivity contribution < 1.29 is 9.18 Å². The summed E-state index contributed by atoms with van der Waals surface area (Å²) in [6, 6.07) is 15.2. The zero-order valence-corrected chi connectivity index (χ0v) is 12.5. The molecule has 0 aliphatic carbocycles. The molecule has 0 saturated carbocycles. The molecule has 0 fully saturated rings. The second-order valence-corrected chi connectivity index (χ2v) is 4.86. The number of nitrogens with one attached hydrogen (secondary N) is 1. The summed E-state index contributed by atoms with van der Waals surface area (Å²) in [7, 11) is 0. The smallest absolute Gasteiger partial charge is 0.263 e. The van der Waals surface area contributed by atoms with Crippen LogP contribution in [0.5, 0.6) is 0 Å². The predicted molar refractivity (Wildman–Crippen MR) is 85.4 cm³/mol. The zero-order valence-electron chi connectivity index (χ0n) is 12.5. The van der Waals surface area contributed by atoms with Gasteiger partial charge in [-0.2, -0.15) is 9.90 Å². The molecule has 0 radical (unpaired) electrons. The summed E-state index contributed by atoms with van der Waals surface area (Å²) in [6.07, 6.45) is 1.35. The number of tetrazole rings is 1. The Labute approximate surface area is 136 Å². The maximum atomic E-state index is 13.0. The van der Waals surface area contributed by atoms with Crippen LogP contribution in [0.15, 0.2) is 59.7 Å². The molecule has 0 aliphatic rings. The van der Waals surface area contributed by atoms with E-state index in [0.29, 0.717) is 11.4 Å². The van der Waals surface area contributed by atoms with E-state index in [1.807, 2.05) is 30.3 Å². The summed E-state index contributed by atoms with van der Waals surface area (Å²) in [4.78, 5) is 13.0. The normalized spacial score (nSPS) is 10.9. The first kappa shape index (κ1) is 15.5. The number of hydrogen-bond acceptors (Lipinski definition) is 5. The first-order chi connectivity index (χ1) is 11.7. The van der Waals surface area contributed by atoms with Crippen LogP contribution in [-0.2, 0) is 11.3 Å². The number of aromatic nitrogens is 4. The average Bonchev–Trinajstić information content (AvgIpc) is 3.04. The lowest BCUT2D eigenvalue weighted by Crippen LogP contribution is -2.24. The molecule has 120 valence electrons.